The number of hydrogen-bond donors (Lipinski definition) is 1. The molecule has 1 fully saturated rings. The first-order chi connectivity index (χ1) is 17.6. The highest BCUT2D eigenvalue weighted by atomic mass is 16.2. The van der Waals surface area contributed by atoms with Gasteiger partial charge in [-0.05, 0) is 30.2 Å². The molecule has 1 aromatic heterocycles. The number of nitrogens with one attached hydrogen (secondary N) is 1. The van der Waals surface area contributed by atoms with Crippen LogP contribution in [0, 0.1) is 0 Å². The molecule has 182 valence electrons. The summed E-state index contributed by atoms with van der Waals surface area (Å²) in [6.45, 7) is 5.35. The van der Waals surface area contributed by atoms with Gasteiger partial charge in [0.15, 0.2) is 0 Å². The lowest BCUT2D eigenvalue weighted by Crippen LogP contribution is -2.35. The lowest BCUT2D eigenvalue weighted by Gasteiger charge is -2.23. The van der Waals surface area contributed by atoms with E-state index in [9.17, 15) is 9.59 Å². The van der Waals surface area contributed by atoms with E-state index >= 15 is 0 Å². The summed E-state index contributed by atoms with van der Waals surface area (Å²) in [6.07, 6.45) is 0.896. The fourth-order valence-corrected chi connectivity index (χ4v) is 4.71. The third kappa shape index (κ3) is 5.26. The summed E-state index contributed by atoms with van der Waals surface area (Å²) in [4.78, 5) is 29.5. The zero-order valence-electron chi connectivity index (χ0n) is 20.4. The van der Waals surface area contributed by atoms with E-state index in [-0.39, 0.29) is 11.8 Å². The molecule has 4 aromatic rings. The largest absolute Gasteiger partial charge is 0.337 e. The lowest BCUT2D eigenvalue weighted by molar-refractivity contribution is -0.114. The van der Waals surface area contributed by atoms with Gasteiger partial charge in [-0.3, -0.25) is 14.5 Å². The van der Waals surface area contributed by atoms with Gasteiger partial charge < -0.3 is 10.2 Å². The molecule has 1 aliphatic rings. The molecule has 1 aliphatic heterocycles. The van der Waals surface area contributed by atoms with Crippen molar-refractivity contribution in [2.75, 3.05) is 31.5 Å². The molecule has 7 nitrogen and oxygen atoms in total. The van der Waals surface area contributed by atoms with Crippen molar-refractivity contribution < 1.29 is 9.59 Å². The van der Waals surface area contributed by atoms with E-state index in [0.29, 0.717) is 24.3 Å². The number of anilines is 1. The Balaban J connectivity index is 1.35. The number of benzene rings is 3. The molecule has 2 amide bonds. The molecule has 0 aliphatic carbocycles. The molecule has 0 unspecified atom stereocenters. The lowest BCUT2D eigenvalue weighted by atomic mass is 10.0. The van der Waals surface area contributed by atoms with Crippen molar-refractivity contribution >= 4 is 28.4 Å². The molecule has 0 bridgehead atoms. The number of rotatable bonds is 5. The summed E-state index contributed by atoms with van der Waals surface area (Å²) < 4.78 is 0. The molecule has 2 heterocycles. The van der Waals surface area contributed by atoms with Gasteiger partial charge in [0.1, 0.15) is 5.69 Å². The van der Waals surface area contributed by atoms with E-state index in [2.05, 4.69) is 20.4 Å². The van der Waals surface area contributed by atoms with Crippen molar-refractivity contribution in [3.8, 4) is 11.3 Å². The molecule has 5 rings (SSSR count). The Morgan fingerprint density at radius 3 is 2.36 bits per heavy atom. The fraction of sp³-hybridized carbons (Fsp3) is 0.241. The van der Waals surface area contributed by atoms with E-state index in [4.69, 9.17) is 0 Å². The molecule has 7 heteroatoms. The van der Waals surface area contributed by atoms with Crippen LogP contribution < -0.4 is 5.32 Å². The first-order valence-electron chi connectivity index (χ1n) is 12.3. The summed E-state index contributed by atoms with van der Waals surface area (Å²) in [5, 5.41) is 12.5. The maximum atomic E-state index is 14.0. The highest BCUT2D eigenvalue weighted by Crippen LogP contribution is 2.28. The van der Waals surface area contributed by atoms with Crippen LogP contribution >= 0.6 is 0 Å². The number of hydrogen-bond acceptors (Lipinski definition) is 5. The second kappa shape index (κ2) is 10.7. The number of aromatic nitrogens is 2. The van der Waals surface area contributed by atoms with Crippen LogP contribution in [0.15, 0.2) is 78.9 Å². The van der Waals surface area contributed by atoms with Crippen LogP contribution in [-0.4, -0.2) is 58.0 Å². The van der Waals surface area contributed by atoms with Gasteiger partial charge in [0.2, 0.25) is 5.91 Å². The zero-order chi connectivity index (χ0) is 24.9. The second-order valence-electron chi connectivity index (χ2n) is 9.11. The smallest absolute Gasteiger partial charge is 0.256 e. The molecule has 0 spiro atoms. The van der Waals surface area contributed by atoms with Crippen molar-refractivity contribution in [2.24, 2.45) is 0 Å². The van der Waals surface area contributed by atoms with Crippen LogP contribution in [0.25, 0.3) is 22.2 Å². The van der Waals surface area contributed by atoms with Gasteiger partial charge in [0.25, 0.3) is 5.91 Å². The van der Waals surface area contributed by atoms with Gasteiger partial charge in [-0.15, -0.1) is 10.2 Å². The van der Waals surface area contributed by atoms with E-state index in [1.165, 1.54) is 12.5 Å². The Bertz CT molecular complexity index is 1370. The molecule has 3 aromatic carbocycles. The third-order valence-corrected chi connectivity index (χ3v) is 6.49. The number of fused-ring (bicyclic) bond motifs is 1. The zero-order valence-corrected chi connectivity index (χ0v) is 20.4. The van der Waals surface area contributed by atoms with Gasteiger partial charge in [0.05, 0.1) is 11.1 Å². The topological polar surface area (TPSA) is 78.4 Å². The normalized spacial score (nSPS) is 14.4. The van der Waals surface area contributed by atoms with Gasteiger partial charge >= 0.3 is 0 Å². The van der Waals surface area contributed by atoms with E-state index in [0.717, 1.165) is 48.2 Å². The highest BCUT2D eigenvalue weighted by molar-refractivity contribution is 6.10. The summed E-state index contributed by atoms with van der Waals surface area (Å²) in [6, 6.07) is 25.4. The van der Waals surface area contributed by atoms with Crippen LogP contribution in [0.5, 0.6) is 0 Å². The number of carbonyl (C=O) groups excluding carboxylic acids is 2. The van der Waals surface area contributed by atoms with E-state index in [1.807, 2.05) is 83.8 Å². The fourth-order valence-electron chi connectivity index (χ4n) is 4.71. The highest BCUT2D eigenvalue weighted by Gasteiger charge is 2.26. The predicted octanol–water partition coefficient (Wildman–Crippen LogP) is 4.60. The van der Waals surface area contributed by atoms with Gasteiger partial charge in [-0.1, -0.05) is 60.7 Å². The van der Waals surface area contributed by atoms with Crippen molar-refractivity contribution in [3.63, 3.8) is 0 Å². The minimum atomic E-state index is -0.0763. The summed E-state index contributed by atoms with van der Waals surface area (Å²) in [7, 11) is 0. The molecule has 0 atom stereocenters. The average Bonchev–Trinajstić information content (AvgIpc) is 3.14. The Morgan fingerprint density at radius 2 is 1.58 bits per heavy atom. The van der Waals surface area contributed by atoms with Gasteiger partial charge in [-0.25, -0.2) is 0 Å². The van der Waals surface area contributed by atoms with Crippen LogP contribution in [0.1, 0.15) is 29.3 Å². The number of nitrogens with zero attached hydrogens (tertiary/aromatic N) is 4. The third-order valence-electron chi connectivity index (χ3n) is 6.49. The molecule has 1 N–H and O–H groups in total. The Kier molecular flexibility index (Phi) is 7.00. The Morgan fingerprint density at radius 1 is 0.833 bits per heavy atom. The summed E-state index contributed by atoms with van der Waals surface area (Å²) in [5.41, 5.74) is 4.83. The first-order valence-corrected chi connectivity index (χ1v) is 12.3. The second-order valence-corrected chi connectivity index (χ2v) is 9.11. The van der Waals surface area contributed by atoms with Crippen LogP contribution in [0.4, 0.5) is 5.69 Å². The Labute approximate surface area is 210 Å². The molecule has 36 heavy (non-hydrogen) atoms. The van der Waals surface area contributed by atoms with Crippen molar-refractivity contribution in [3.05, 3.63) is 90.0 Å². The number of carbonyl (C=O) groups is 2. The predicted molar refractivity (Wildman–Crippen MR) is 142 cm³/mol. The summed E-state index contributed by atoms with van der Waals surface area (Å²) in [5.74, 6) is -0.0749. The van der Waals surface area contributed by atoms with Gasteiger partial charge in [-0.2, -0.15) is 0 Å². The SMILES string of the molecule is CC(=O)Nc1ccc(CN2CCCN(C(=O)c3c(-c4ccccc4)nnc4ccccc34)CC2)cc1. The van der Waals surface area contributed by atoms with Crippen molar-refractivity contribution in [1.29, 1.82) is 0 Å². The summed E-state index contributed by atoms with van der Waals surface area (Å²) >= 11 is 0. The van der Waals surface area contributed by atoms with Crippen LogP contribution in [0.3, 0.4) is 0 Å². The molecular weight excluding hydrogens is 450 g/mol. The monoisotopic (exact) mass is 479 g/mol. The van der Waals surface area contributed by atoms with Crippen molar-refractivity contribution in [2.45, 2.75) is 19.9 Å². The first kappa shape index (κ1) is 23.6. The molecule has 0 saturated carbocycles. The number of amides is 2. The maximum Gasteiger partial charge on any atom is 0.256 e. The van der Waals surface area contributed by atoms with E-state index in [1.54, 1.807) is 0 Å². The molecular formula is C29H29N5O2. The molecule has 0 radical (unpaired) electrons. The Hall–Kier alpha value is -4.10. The average molecular weight is 480 g/mol. The minimum absolute atomic E-state index is 0.00135. The van der Waals surface area contributed by atoms with Crippen molar-refractivity contribution in [1.82, 2.24) is 20.0 Å². The standard InChI is InChI=1S/C29H29N5O2/c1-21(35)30-24-14-12-22(13-15-24)20-33-16-7-17-34(19-18-33)29(36)27-25-10-5-6-11-26(25)31-32-28(27)23-8-3-2-4-9-23/h2-6,8-15H,7,16-20H2,1H3,(H,30,35). The minimum Gasteiger partial charge on any atom is -0.337 e. The molecule has 1 saturated heterocycles. The van der Waals surface area contributed by atoms with Crippen LogP contribution in [0.2, 0.25) is 0 Å². The quantitative estimate of drug-likeness (QED) is 0.453. The van der Waals surface area contributed by atoms with Gasteiger partial charge in [0, 0.05) is 56.3 Å². The van der Waals surface area contributed by atoms with E-state index < -0.39 is 0 Å². The maximum absolute atomic E-state index is 14.0. The van der Waals surface area contributed by atoms with Crippen LogP contribution in [-0.2, 0) is 11.3 Å².